The molecule has 6 nitrogen and oxygen atoms in total. The molecule has 0 radical (unpaired) electrons. The first kappa shape index (κ1) is 23.6. The maximum atomic E-state index is 9.56. The summed E-state index contributed by atoms with van der Waals surface area (Å²) in [5.41, 5.74) is 5.04. The van der Waals surface area contributed by atoms with Gasteiger partial charge in [0.25, 0.3) is 0 Å². The molecule has 0 aromatic rings. The van der Waals surface area contributed by atoms with E-state index in [-0.39, 0.29) is 38.3 Å². The molecule has 0 fully saturated rings. The third-order valence-corrected chi connectivity index (χ3v) is 1.94. The molecule has 118 valence electrons. The zero-order chi connectivity index (χ0) is 15.8. The Morgan fingerprint density at radius 1 is 0.947 bits per heavy atom. The van der Waals surface area contributed by atoms with Gasteiger partial charge in [0.1, 0.15) is 6.61 Å². The summed E-state index contributed by atoms with van der Waals surface area (Å²) >= 11 is 0. The molecule has 3 unspecified atom stereocenters. The second kappa shape index (κ2) is 17.5. The summed E-state index contributed by atoms with van der Waals surface area (Å²) in [4.78, 5) is 9.56. The Labute approximate surface area is 116 Å². The lowest BCUT2D eigenvalue weighted by molar-refractivity contribution is -0.119. The molecule has 0 rings (SSSR count). The normalized spacial score (nSPS) is 14.2. The van der Waals surface area contributed by atoms with Gasteiger partial charge in [-0.2, -0.15) is 0 Å². The molecular formula is C13H31NO5. The Morgan fingerprint density at radius 2 is 1.21 bits per heavy atom. The molecule has 0 saturated carbocycles. The third kappa shape index (κ3) is 31.8. The predicted molar refractivity (Wildman–Crippen MR) is 75.6 cm³/mol. The molecule has 0 spiro atoms. The maximum absolute atomic E-state index is 9.56. The van der Waals surface area contributed by atoms with Crippen molar-refractivity contribution in [1.82, 2.24) is 0 Å². The molecule has 3 atom stereocenters. The van der Waals surface area contributed by atoms with E-state index in [2.05, 4.69) is 0 Å². The second-order valence-electron chi connectivity index (χ2n) is 4.83. The quantitative estimate of drug-likeness (QED) is 0.448. The fourth-order valence-electron chi connectivity index (χ4n) is 0.836. The van der Waals surface area contributed by atoms with E-state index in [4.69, 9.17) is 26.2 Å². The minimum Gasteiger partial charge on any atom is -0.396 e. The highest BCUT2D eigenvalue weighted by atomic mass is 16.3. The van der Waals surface area contributed by atoms with E-state index in [0.717, 1.165) is 6.42 Å². The third-order valence-electron chi connectivity index (χ3n) is 1.94. The van der Waals surface area contributed by atoms with E-state index in [1.807, 2.05) is 13.8 Å². The van der Waals surface area contributed by atoms with Crippen LogP contribution in [0, 0.1) is 11.8 Å². The van der Waals surface area contributed by atoms with Gasteiger partial charge in [-0.05, 0) is 32.1 Å². The lowest BCUT2D eigenvalue weighted by atomic mass is 9.99. The van der Waals surface area contributed by atoms with E-state index < -0.39 is 0 Å². The van der Waals surface area contributed by atoms with Gasteiger partial charge in [0.15, 0.2) is 5.78 Å². The van der Waals surface area contributed by atoms with Crippen LogP contribution in [0.1, 0.15) is 34.1 Å². The molecule has 19 heavy (non-hydrogen) atoms. The Hall–Kier alpha value is -0.530. The van der Waals surface area contributed by atoms with Crippen LogP contribution in [-0.2, 0) is 4.79 Å². The summed E-state index contributed by atoms with van der Waals surface area (Å²) in [5, 5.41) is 33.0. The predicted octanol–water partition coefficient (Wildman–Crippen LogP) is -0.473. The highest BCUT2D eigenvalue weighted by Gasteiger charge is 2.05. The molecule has 0 saturated heterocycles. The summed E-state index contributed by atoms with van der Waals surface area (Å²) in [7, 11) is 0. The number of ketones is 1. The van der Waals surface area contributed by atoms with Gasteiger partial charge in [-0.3, -0.25) is 4.79 Å². The number of hydrogen-bond donors (Lipinski definition) is 5. The SMILES string of the molecule is CC(=O)CO.CC(CO)CC(C)CO.CC(N)CO. The Morgan fingerprint density at radius 3 is 1.32 bits per heavy atom. The number of aliphatic hydroxyl groups is 4. The van der Waals surface area contributed by atoms with Crippen molar-refractivity contribution in [2.45, 2.75) is 40.2 Å². The Bertz CT molecular complexity index is 180. The smallest absolute Gasteiger partial charge is 0.155 e. The Kier molecular flexibility index (Phi) is 21.7. The van der Waals surface area contributed by atoms with Crippen molar-refractivity contribution in [1.29, 1.82) is 0 Å². The number of rotatable bonds is 6. The summed E-state index contributed by atoms with van der Waals surface area (Å²) in [6.45, 7) is 7.24. The lowest BCUT2D eigenvalue weighted by Gasteiger charge is -2.11. The van der Waals surface area contributed by atoms with E-state index in [1.54, 1.807) is 6.92 Å². The van der Waals surface area contributed by atoms with Crippen LogP contribution in [0.25, 0.3) is 0 Å². The van der Waals surface area contributed by atoms with Crippen LogP contribution in [0.15, 0.2) is 0 Å². The van der Waals surface area contributed by atoms with Crippen molar-refractivity contribution >= 4 is 5.78 Å². The molecule has 6 N–H and O–H groups in total. The minimum absolute atomic E-state index is 0.0602. The minimum atomic E-state index is -0.333. The monoisotopic (exact) mass is 281 g/mol. The van der Waals surface area contributed by atoms with Gasteiger partial charge >= 0.3 is 0 Å². The van der Waals surface area contributed by atoms with E-state index in [0.29, 0.717) is 11.8 Å². The fraction of sp³-hybridized carbons (Fsp3) is 0.923. The number of nitrogens with two attached hydrogens (primary N) is 1. The molecule has 0 bridgehead atoms. The van der Waals surface area contributed by atoms with Gasteiger partial charge in [-0.15, -0.1) is 0 Å². The van der Waals surface area contributed by atoms with Crippen molar-refractivity contribution in [3.8, 4) is 0 Å². The van der Waals surface area contributed by atoms with Crippen LogP contribution < -0.4 is 5.73 Å². The summed E-state index contributed by atoms with van der Waals surface area (Å²) in [5.74, 6) is 0.462. The number of hydrogen-bond acceptors (Lipinski definition) is 6. The van der Waals surface area contributed by atoms with Gasteiger partial charge in [0.05, 0.1) is 6.61 Å². The fourth-order valence-corrected chi connectivity index (χ4v) is 0.836. The Balaban J connectivity index is -0.000000219. The summed E-state index contributed by atoms with van der Waals surface area (Å²) < 4.78 is 0. The van der Waals surface area contributed by atoms with Gasteiger partial charge < -0.3 is 26.2 Å². The standard InChI is InChI=1S/C7H16O2.C3H9NO.C3H6O2/c1-6(4-8)3-7(2)5-9;1-3(4)2-5;1-3(5)2-4/h6-9H,3-5H2,1-2H3;3,5H,2,4H2,1H3;4H,2H2,1H3. The molecule has 0 aliphatic heterocycles. The number of Topliss-reactive ketones (excluding diaryl/α,β-unsaturated/α-hetero) is 1. The van der Waals surface area contributed by atoms with Crippen LogP contribution >= 0.6 is 0 Å². The number of carbonyl (C=O) groups is 1. The van der Waals surface area contributed by atoms with E-state index in [9.17, 15) is 4.79 Å². The molecule has 0 aromatic carbocycles. The molecule has 6 heteroatoms. The topological polar surface area (TPSA) is 124 Å². The van der Waals surface area contributed by atoms with Crippen molar-refractivity contribution < 1.29 is 25.2 Å². The van der Waals surface area contributed by atoms with Gasteiger partial charge in [0.2, 0.25) is 0 Å². The summed E-state index contributed by atoms with van der Waals surface area (Å²) in [6, 6.07) is -0.0602. The molecule has 0 heterocycles. The largest absolute Gasteiger partial charge is 0.396 e. The van der Waals surface area contributed by atoms with Crippen LogP contribution in [0.4, 0.5) is 0 Å². The molecule has 0 amide bonds. The van der Waals surface area contributed by atoms with Gasteiger partial charge in [0, 0.05) is 19.3 Å². The van der Waals surface area contributed by atoms with E-state index >= 15 is 0 Å². The van der Waals surface area contributed by atoms with Crippen LogP contribution in [0.5, 0.6) is 0 Å². The zero-order valence-corrected chi connectivity index (χ0v) is 12.5. The lowest BCUT2D eigenvalue weighted by Crippen LogP contribution is -2.18. The summed E-state index contributed by atoms with van der Waals surface area (Å²) in [6.07, 6.45) is 0.910. The molecule has 0 aromatic heterocycles. The first-order valence-electron chi connectivity index (χ1n) is 6.43. The van der Waals surface area contributed by atoms with Crippen molar-refractivity contribution in [2.75, 3.05) is 26.4 Å². The van der Waals surface area contributed by atoms with Crippen molar-refractivity contribution in [2.24, 2.45) is 17.6 Å². The highest BCUT2D eigenvalue weighted by molar-refractivity contribution is 5.76. The van der Waals surface area contributed by atoms with Crippen LogP contribution in [0.2, 0.25) is 0 Å². The maximum Gasteiger partial charge on any atom is 0.155 e. The number of carbonyl (C=O) groups excluding carboxylic acids is 1. The highest BCUT2D eigenvalue weighted by Crippen LogP contribution is 2.09. The van der Waals surface area contributed by atoms with Crippen LogP contribution in [0.3, 0.4) is 0 Å². The van der Waals surface area contributed by atoms with Crippen molar-refractivity contribution in [3.63, 3.8) is 0 Å². The average Bonchev–Trinajstić information content (AvgIpc) is 2.39. The van der Waals surface area contributed by atoms with Crippen molar-refractivity contribution in [3.05, 3.63) is 0 Å². The number of aliphatic hydroxyl groups excluding tert-OH is 4. The van der Waals surface area contributed by atoms with Crippen LogP contribution in [-0.4, -0.2) is 58.7 Å². The average molecular weight is 281 g/mol. The first-order valence-corrected chi connectivity index (χ1v) is 6.43. The van der Waals surface area contributed by atoms with E-state index in [1.165, 1.54) is 6.92 Å². The van der Waals surface area contributed by atoms with Gasteiger partial charge in [-0.1, -0.05) is 13.8 Å². The zero-order valence-electron chi connectivity index (χ0n) is 12.5. The van der Waals surface area contributed by atoms with Gasteiger partial charge in [-0.25, -0.2) is 0 Å². The second-order valence-corrected chi connectivity index (χ2v) is 4.83. The first-order chi connectivity index (χ1) is 8.74. The molecule has 0 aliphatic carbocycles. The molecular weight excluding hydrogens is 250 g/mol. The molecule has 0 aliphatic rings.